The molecule has 212 valence electrons. The minimum atomic E-state index is -4.84. The summed E-state index contributed by atoms with van der Waals surface area (Å²) in [6, 6.07) is 22.3. The van der Waals surface area contributed by atoms with Crippen molar-refractivity contribution in [1.82, 2.24) is 4.57 Å². The summed E-state index contributed by atoms with van der Waals surface area (Å²) in [5.74, 6) is -0.105. The summed E-state index contributed by atoms with van der Waals surface area (Å²) in [7, 11) is 1.55. The number of Topliss-reactive ketones (excluding diaryl/α,β-unsaturated/α-hetero) is 1. The van der Waals surface area contributed by atoms with Gasteiger partial charge in [-0.3, -0.25) is 9.59 Å². The van der Waals surface area contributed by atoms with Gasteiger partial charge in [-0.05, 0) is 65.7 Å². The fourth-order valence-corrected chi connectivity index (χ4v) is 4.30. The van der Waals surface area contributed by atoms with Crippen LogP contribution in [0.15, 0.2) is 106 Å². The predicted molar refractivity (Wildman–Crippen MR) is 150 cm³/mol. The third-order valence-corrected chi connectivity index (χ3v) is 6.35. The smallest absolute Gasteiger partial charge is 0.497 e. The van der Waals surface area contributed by atoms with E-state index in [1.807, 2.05) is 24.3 Å². The Morgan fingerprint density at radius 2 is 1.59 bits per heavy atom. The van der Waals surface area contributed by atoms with Gasteiger partial charge in [-0.25, -0.2) is 0 Å². The number of carbonyl (C=O) groups excluding carboxylic acids is 1. The molecule has 4 rings (SSSR count). The molecule has 0 saturated heterocycles. The number of pyridine rings is 1. The van der Waals surface area contributed by atoms with Crippen molar-refractivity contribution in [2.24, 2.45) is 5.16 Å². The number of ether oxygens (including phenoxy) is 2. The number of methoxy groups -OCH3 is 1. The summed E-state index contributed by atoms with van der Waals surface area (Å²) >= 11 is 3.41. The van der Waals surface area contributed by atoms with Crippen LogP contribution in [0.25, 0.3) is 0 Å². The van der Waals surface area contributed by atoms with Crippen LogP contribution in [0.2, 0.25) is 0 Å². The van der Waals surface area contributed by atoms with Crippen LogP contribution in [0.1, 0.15) is 33.5 Å². The van der Waals surface area contributed by atoms with Crippen LogP contribution in [0.4, 0.5) is 13.2 Å². The van der Waals surface area contributed by atoms with Crippen LogP contribution in [-0.2, 0) is 18.0 Å². The summed E-state index contributed by atoms with van der Waals surface area (Å²) in [6.07, 6.45) is -3.60. The molecule has 0 fully saturated rings. The Kier molecular flexibility index (Phi) is 9.61. The average molecular weight is 629 g/mol. The van der Waals surface area contributed by atoms with Crippen LogP contribution in [0.3, 0.4) is 0 Å². The van der Waals surface area contributed by atoms with Crippen molar-refractivity contribution in [1.29, 1.82) is 0 Å². The van der Waals surface area contributed by atoms with Crippen LogP contribution in [0.5, 0.6) is 11.5 Å². The first kappa shape index (κ1) is 29.6. The number of ketones is 1. The zero-order chi connectivity index (χ0) is 29.4. The van der Waals surface area contributed by atoms with Gasteiger partial charge in [0.1, 0.15) is 18.1 Å². The number of oxime groups is 1. The molecule has 41 heavy (non-hydrogen) atoms. The second-order valence-corrected chi connectivity index (χ2v) is 9.76. The molecular formula is C30H24BrF3N2O5. The molecule has 0 aliphatic carbocycles. The minimum absolute atomic E-state index is 0.0778. The Morgan fingerprint density at radius 1 is 0.902 bits per heavy atom. The SMILES string of the molecule is COc1ccc(CO/N=C(\CC(=O)c2ccc(=O)n(Cc3cccc(Br)c3)c2)c2ccc(OC(F)(F)F)cc2)cc1. The first-order valence-electron chi connectivity index (χ1n) is 12.3. The average Bonchev–Trinajstić information content (AvgIpc) is 2.93. The monoisotopic (exact) mass is 628 g/mol. The second-order valence-electron chi connectivity index (χ2n) is 8.85. The third-order valence-electron chi connectivity index (χ3n) is 5.86. The quantitative estimate of drug-likeness (QED) is 0.104. The minimum Gasteiger partial charge on any atom is -0.497 e. The number of carbonyl (C=O) groups is 1. The Balaban J connectivity index is 1.56. The lowest BCUT2D eigenvalue weighted by Crippen LogP contribution is -2.21. The Morgan fingerprint density at radius 3 is 2.24 bits per heavy atom. The zero-order valence-electron chi connectivity index (χ0n) is 21.7. The van der Waals surface area contributed by atoms with E-state index in [1.165, 1.54) is 35.0 Å². The molecule has 3 aromatic carbocycles. The number of alkyl halides is 3. The highest BCUT2D eigenvalue weighted by Gasteiger charge is 2.31. The highest BCUT2D eigenvalue weighted by atomic mass is 79.9. The largest absolute Gasteiger partial charge is 0.573 e. The number of aromatic nitrogens is 1. The molecule has 4 aromatic rings. The Hall–Kier alpha value is -4.38. The van der Waals surface area contributed by atoms with Gasteiger partial charge in [0.15, 0.2) is 5.78 Å². The van der Waals surface area contributed by atoms with Crippen molar-refractivity contribution < 1.29 is 32.3 Å². The van der Waals surface area contributed by atoms with E-state index >= 15 is 0 Å². The van der Waals surface area contributed by atoms with Crippen molar-refractivity contribution in [3.63, 3.8) is 0 Å². The molecule has 0 saturated carbocycles. The van der Waals surface area contributed by atoms with E-state index < -0.39 is 12.1 Å². The molecule has 1 heterocycles. The van der Waals surface area contributed by atoms with Crippen LogP contribution < -0.4 is 15.0 Å². The lowest BCUT2D eigenvalue weighted by Gasteiger charge is -2.12. The van der Waals surface area contributed by atoms with E-state index in [1.54, 1.807) is 31.4 Å². The molecule has 0 N–H and O–H groups in total. The normalized spacial score (nSPS) is 11.7. The van der Waals surface area contributed by atoms with Gasteiger partial charge in [0, 0.05) is 27.9 Å². The molecule has 0 atom stereocenters. The predicted octanol–water partition coefficient (Wildman–Crippen LogP) is 6.76. The molecule has 0 unspecified atom stereocenters. The molecule has 0 radical (unpaired) electrons. The maximum Gasteiger partial charge on any atom is 0.573 e. The van der Waals surface area contributed by atoms with E-state index in [2.05, 4.69) is 25.8 Å². The number of hydrogen-bond acceptors (Lipinski definition) is 6. The van der Waals surface area contributed by atoms with E-state index in [-0.39, 0.29) is 42.2 Å². The van der Waals surface area contributed by atoms with E-state index in [0.717, 1.165) is 27.7 Å². The maximum absolute atomic E-state index is 13.3. The summed E-state index contributed by atoms with van der Waals surface area (Å²) in [5, 5.41) is 4.15. The molecule has 0 aliphatic rings. The molecule has 1 aromatic heterocycles. The van der Waals surface area contributed by atoms with E-state index in [4.69, 9.17) is 9.57 Å². The van der Waals surface area contributed by atoms with Gasteiger partial charge in [0.2, 0.25) is 0 Å². The van der Waals surface area contributed by atoms with Crippen molar-refractivity contribution in [2.45, 2.75) is 25.9 Å². The van der Waals surface area contributed by atoms with Gasteiger partial charge in [0.05, 0.1) is 25.8 Å². The Labute approximate surface area is 241 Å². The van der Waals surface area contributed by atoms with E-state index in [0.29, 0.717) is 11.3 Å². The van der Waals surface area contributed by atoms with Crippen molar-refractivity contribution in [3.05, 3.63) is 128 Å². The third kappa shape index (κ3) is 8.81. The van der Waals surface area contributed by atoms with Gasteiger partial charge in [-0.15, -0.1) is 13.2 Å². The molecule has 11 heteroatoms. The first-order valence-corrected chi connectivity index (χ1v) is 13.0. The van der Waals surface area contributed by atoms with Crippen LogP contribution in [0, 0.1) is 0 Å². The van der Waals surface area contributed by atoms with E-state index in [9.17, 15) is 22.8 Å². The van der Waals surface area contributed by atoms with Crippen molar-refractivity contribution in [3.8, 4) is 11.5 Å². The molecule has 0 spiro atoms. The van der Waals surface area contributed by atoms with Crippen molar-refractivity contribution in [2.75, 3.05) is 7.11 Å². The molecular weight excluding hydrogens is 605 g/mol. The summed E-state index contributed by atoms with van der Waals surface area (Å²) < 4.78 is 49.2. The second kappa shape index (κ2) is 13.3. The van der Waals surface area contributed by atoms with Gasteiger partial charge in [0.25, 0.3) is 5.56 Å². The van der Waals surface area contributed by atoms with Gasteiger partial charge in [-0.1, -0.05) is 45.4 Å². The fourth-order valence-electron chi connectivity index (χ4n) is 3.85. The topological polar surface area (TPSA) is 79.1 Å². The lowest BCUT2D eigenvalue weighted by molar-refractivity contribution is -0.274. The number of halogens is 4. The number of rotatable bonds is 11. The van der Waals surface area contributed by atoms with Gasteiger partial charge >= 0.3 is 6.36 Å². The highest BCUT2D eigenvalue weighted by Crippen LogP contribution is 2.24. The summed E-state index contributed by atoms with van der Waals surface area (Å²) in [6.45, 7) is 0.334. The summed E-state index contributed by atoms with van der Waals surface area (Å²) in [5.41, 5.74) is 2.19. The number of hydrogen-bond donors (Lipinski definition) is 0. The number of benzene rings is 3. The zero-order valence-corrected chi connectivity index (χ0v) is 23.3. The maximum atomic E-state index is 13.3. The molecule has 0 bridgehead atoms. The van der Waals surface area contributed by atoms with Crippen molar-refractivity contribution >= 4 is 27.4 Å². The highest BCUT2D eigenvalue weighted by molar-refractivity contribution is 9.10. The van der Waals surface area contributed by atoms with Crippen LogP contribution >= 0.6 is 15.9 Å². The van der Waals surface area contributed by atoms with Crippen LogP contribution in [-0.4, -0.2) is 29.5 Å². The standard InChI is InChI=1S/C30H24BrF3N2O5/c1-39-25-10-5-20(6-11-25)19-40-35-27(22-7-12-26(13-8-22)41-30(32,33)34)16-28(37)23-9-14-29(38)36(18-23)17-21-3-2-4-24(31)15-21/h2-15,18H,16-17,19H2,1H3/b35-27+. The summed E-state index contributed by atoms with van der Waals surface area (Å²) in [4.78, 5) is 31.3. The number of nitrogens with zero attached hydrogens (tertiary/aromatic N) is 2. The van der Waals surface area contributed by atoms with Gasteiger partial charge < -0.3 is 18.9 Å². The fraction of sp³-hybridized carbons (Fsp3) is 0.167. The lowest BCUT2D eigenvalue weighted by atomic mass is 10.0. The first-order chi connectivity index (χ1) is 19.6. The van der Waals surface area contributed by atoms with Gasteiger partial charge in [-0.2, -0.15) is 0 Å². The molecule has 0 aliphatic heterocycles. The Bertz CT molecular complexity index is 1580. The molecule has 7 nitrogen and oxygen atoms in total. The molecule has 0 amide bonds.